The van der Waals surface area contributed by atoms with Crippen molar-refractivity contribution in [1.82, 2.24) is 15.3 Å². The minimum atomic E-state index is -4.44. The number of fused-ring (bicyclic) bond motifs is 4. The van der Waals surface area contributed by atoms with Gasteiger partial charge < -0.3 is 10.2 Å². The van der Waals surface area contributed by atoms with E-state index in [1.165, 1.54) is 6.07 Å². The van der Waals surface area contributed by atoms with E-state index in [9.17, 15) is 18.0 Å². The molecule has 1 saturated heterocycles. The average Bonchev–Trinajstić information content (AvgIpc) is 3.38. The summed E-state index contributed by atoms with van der Waals surface area (Å²) in [5.41, 5.74) is 0.277. The molecule has 2 fully saturated rings. The Morgan fingerprint density at radius 3 is 2.73 bits per heavy atom. The molecular formula is C21H22F3N5O. The van der Waals surface area contributed by atoms with Crippen LogP contribution < -0.4 is 15.1 Å². The van der Waals surface area contributed by atoms with Crippen LogP contribution in [0.1, 0.15) is 37.7 Å². The molecule has 1 saturated carbocycles. The number of nitrogens with zero attached hydrogens (tertiary/aromatic N) is 4. The van der Waals surface area contributed by atoms with Crippen LogP contribution >= 0.6 is 0 Å². The first kappa shape index (κ1) is 19.1. The number of carbonyl (C=O) groups is 1. The molecular weight excluding hydrogens is 395 g/mol. The molecule has 1 aliphatic carbocycles. The quantitative estimate of drug-likeness (QED) is 0.795. The van der Waals surface area contributed by atoms with E-state index in [0.29, 0.717) is 5.82 Å². The van der Waals surface area contributed by atoms with Crippen molar-refractivity contribution >= 4 is 17.5 Å². The Bertz CT molecular complexity index is 973. The lowest BCUT2D eigenvalue weighted by Crippen LogP contribution is -2.52. The second-order valence-electron chi connectivity index (χ2n) is 8.17. The van der Waals surface area contributed by atoms with Gasteiger partial charge in [-0.05, 0) is 31.4 Å². The third kappa shape index (κ3) is 3.36. The fourth-order valence-corrected chi connectivity index (χ4v) is 4.66. The number of hydrogen-bond acceptors (Lipinski definition) is 4. The van der Waals surface area contributed by atoms with Gasteiger partial charge in [0.15, 0.2) is 11.6 Å². The zero-order valence-corrected chi connectivity index (χ0v) is 16.3. The van der Waals surface area contributed by atoms with Gasteiger partial charge in [0.2, 0.25) is 0 Å². The predicted octanol–water partition coefficient (Wildman–Crippen LogP) is 4.21. The number of halogens is 3. The topological polar surface area (TPSA) is 61.4 Å². The Morgan fingerprint density at radius 2 is 1.97 bits per heavy atom. The molecule has 2 bridgehead atoms. The molecule has 9 heteroatoms. The van der Waals surface area contributed by atoms with Crippen molar-refractivity contribution in [3.8, 4) is 11.4 Å². The van der Waals surface area contributed by atoms with Crippen molar-refractivity contribution in [3.05, 3.63) is 36.0 Å². The fraction of sp³-hybridized carbons (Fsp3) is 0.476. The monoisotopic (exact) mass is 417 g/mol. The van der Waals surface area contributed by atoms with Gasteiger partial charge in [-0.25, -0.2) is 14.8 Å². The predicted molar refractivity (Wildman–Crippen MR) is 106 cm³/mol. The first-order chi connectivity index (χ1) is 14.4. The van der Waals surface area contributed by atoms with Crippen molar-refractivity contribution < 1.29 is 18.0 Å². The van der Waals surface area contributed by atoms with Gasteiger partial charge in [0.05, 0.1) is 23.5 Å². The zero-order chi connectivity index (χ0) is 20.9. The Balaban J connectivity index is 1.51. The molecule has 0 radical (unpaired) electrons. The van der Waals surface area contributed by atoms with E-state index >= 15 is 0 Å². The fourth-order valence-electron chi connectivity index (χ4n) is 4.66. The van der Waals surface area contributed by atoms with Crippen molar-refractivity contribution in [2.24, 2.45) is 0 Å². The molecule has 158 valence electrons. The number of aromatic nitrogens is 2. The summed E-state index contributed by atoms with van der Waals surface area (Å²) >= 11 is 0. The first-order valence-electron chi connectivity index (χ1n) is 10.3. The Labute approximate surface area is 172 Å². The number of amides is 2. The molecule has 2 amide bonds. The minimum absolute atomic E-state index is 0.00293. The lowest BCUT2D eigenvalue weighted by molar-refractivity contribution is -0.137. The molecule has 1 atom stereocenters. The molecule has 5 rings (SSSR count). The van der Waals surface area contributed by atoms with Gasteiger partial charge in [-0.15, -0.1) is 0 Å². The van der Waals surface area contributed by atoms with Crippen LogP contribution in [0.15, 0.2) is 30.5 Å². The Morgan fingerprint density at radius 1 is 1.17 bits per heavy atom. The number of alkyl halides is 3. The van der Waals surface area contributed by atoms with Crippen LogP contribution in [0.4, 0.5) is 29.5 Å². The SMILES string of the molecule is O=C(NC1CCCC1)N1c2nc(-c3cccc(C(F)(F)F)c3)ncc2N2CCC1C2. The normalized spacial score (nSPS) is 21.1. The summed E-state index contributed by atoms with van der Waals surface area (Å²) in [5.74, 6) is 0.655. The largest absolute Gasteiger partial charge is 0.416 e. The average molecular weight is 417 g/mol. The van der Waals surface area contributed by atoms with Crippen molar-refractivity contribution in [2.75, 3.05) is 22.9 Å². The summed E-state index contributed by atoms with van der Waals surface area (Å²) in [6.07, 6.45) is 2.18. The van der Waals surface area contributed by atoms with Crippen molar-refractivity contribution in [3.63, 3.8) is 0 Å². The molecule has 30 heavy (non-hydrogen) atoms. The molecule has 0 spiro atoms. The van der Waals surface area contributed by atoms with Crippen LogP contribution in [-0.4, -0.2) is 41.2 Å². The summed E-state index contributed by atoms with van der Waals surface area (Å²) in [7, 11) is 0. The highest BCUT2D eigenvalue weighted by atomic mass is 19.4. The molecule has 1 unspecified atom stereocenters. The molecule has 2 aromatic rings. The lowest BCUT2D eigenvalue weighted by Gasteiger charge is -2.36. The number of urea groups is 1. The van der Waals surface area contributed by atoms with Crippen LogP contribution in [0, 0.1) is 0 Å². The van der Waals surface area contributed by atoms with E-state index in [-0.39, 0.29) is 29.5 Å². The smallest absolute Gasteiger partial charge is 0.365 e. The molecule has 1 aromatic heterocycles. The third-order valence-electron chi connectivity index (χ3n) is 6.20. The van der Waals surface area contributed by atoms with Gasteiger partial charge in [-0.2, -0.15) is 13.2 Å². The van der Waals surface area contributed by atoms with Gasteiger partial charge in [0.25, 0.3) is 0 Å². The van der Waals surface area contributed by atoms with E-state index in [1.807, 2.05) is 0 Å². The summed E-state index contributed by atoms with van der Waals surface area (Å²) in [6, 6.07) is 4.96. The number of nitrogens with one attached hydrogen (secondary N) is 1. The maximum absolute atomic E-state index is 13.1. The number of rotatable bonds is 2. The van der Waals surface area contributed by atoms with Crippen LogP contribution in [0.5, 0.6) is 0 Å². The van der Waals surface area contributed by atoms with Gasteiger partial charge in [0, 0.05) is 24.7 Å². The van der Waals surface area contributed by atoms with Gasteiger partial charge in [0.1, 0.15) is 0 Å². The van der Waals surface area contributed by atoms with Crippen molar-refractivity contribution in [1.29, 1.82) is 0 Å². The number of anilines is 2. The van der Waals surface area contributed by atoms with Gasteiger partial charge in [-0.3, -0.25) is 4.90 Å². The number of carbonyl (C=O) groups excluding carboxylic acids is 1. The van der Waals surface area contributed by atoms with Crippen LogP contribution in [0.3, 0.4) is 0 Å². The summed E-state index contributed by atoms with van der Waals surface area (Å²) < 4.78 is 39.4. The molecule has 3 aliphatic rings. The van der Waals surface area contributed by atoms with E-state index in [4.69, 9.17) is 0 Å². The van der Waals surface area contributed by atoms with E-state index in [0.717, 1.165) is 63.0 Å². The van der Waals surface area contributed by atoms with Crippen molar-refractivity contribution in [2.45, 2.75) is 50.4 Å². The Hall–Kier alpha value is -2.84. The maximum Gasteiger partial charge on any atom is 0.416 e. The second-order valence-corrected chi connectivity index (χ2v) is 8.17. The Kier molecular flexibility index (Phi) is 4.56. The highest BCUT2D eigenvalue weighted by Gasteiger charge is 2.41. The number of benzene rings is 1. The summed E-state index contributed by atoms with van der Waals surface area (Å²) in [5, 5.41) is 3.12. The summed E-state index contributed by atoms with van der Waals surface area (Å²) in [4.78, 5) is 25.8. The number of hydrogen-bond donors (Lipinski definition) is 1. The summed E-state index contributed by atoms with van der Waals surface area (Å²) in [6.45, 7) is 1.52. The zero-order valence-electron chi connectivity index (χ0n) is 16.3. The second kappa shape index (κ2) is 7.14. The van der Waals surface area contributed by atoms with E-state index < -0.39 is 11.7 Å². The van der Waals surface area contributed by atoms with Gasteiger partial charge >= 0.3 is 12.2 Å². The molecule has 1 aromatic carbocycles. The van der Waals surface area contributed by atoms with E-state index in [2.05, 4.69) is 20.2 Å². The molecule has 1 N–H and O–H groups in total. The standard InChI is InChI=1S/C21H22F3N5O/c22-21(23,24)14-5-3-4-13(10-14)18-25-11-17-19(27-18)29(16-8-9-28(17)12-16)20(30)26-15-6-1-2-7-15/h3-5,10-11,15-16H,1-2,6-9,12H2,(H,26,30). The third-order valence-corrected chi connectivity index (χ3v) is 6.20. The molecule has 2 aliphatic heterocycles. The minimum Gasteiger partial charge on any atom is -0.365 e. The lowest BCUT2D eigenvalue weighted by atomic mass is 10.1. The van der Waals surface area contributed by atoms with Crippen LogP contribution in [0.25, 0.3) is 11.4 Å². The van der Waals surface area contributed by atoms with Gasteiger partial charge in [-0.1, -0.05) is 25.0 Å². The molecule has 3 heterocycles. The highest BCUT2D eigenvalue weighted by molar-refractivity contribution is 5.97. The molecule has 6 nitrogen and oxygen atoms in total. The van der Waals surface area contributed by atoms with E-state index in [1.54, 1.807) is 17.2 Å². The van der Waals surface area contributed by atoms with Crippen LogP contribution in [0.2, 0.25) is 0 Å². The highest BCUT2D eigenvalue weighted by Crippen LogP contribution is 2.40. The maximum atomic E-state index is 13.1. The first-order valence-corrected chi connectivity index (χ1v) is 10.3. The van der Waals surface area contributed by atoms with Crippen LogP contribution in [-0.2, 0) is 6.18 Å².